The van der Waals surface area contributed by atoms with Gasteiger partial charge in [0.1, 0.15) is 11.0 Å². The summed E-state index contributed by atoms with van der Waals surface area (Å²) in [7, 11) is 0. The molecule has 122 valence electrons. The van der Waals surface area contributed by atoms with Gasteiger partial charge in [-0.3, -0.25) is 9.59 Å². The molecule has 0 radical (unpaired) electrons. The topological polar surface area (TPSA) is 71.1 Å². The number of carbonyl (C=O) groups is 2. The smallest absolute Gasteiger partial charge is 0.240 e. The molecule has 1 heterocycles. The molecular formula is C17H21N3O2S. The summed E-state index contributed by atoms with van der Waals surface area (Å²) >= 11 is 1.49. The molecule has 6 heteroatoms. The number of hydrogen-bond donors (Lipinski definition) is 2. The van der Waals surface area contributed by atoms with E-state index in [4.69, 9.17) is 0 Å². The fourth-order valence-corrected chi connectivity index (χ4v) is 2.76. The highest BCUT2D eigenvalue weighted by Crippen LogP contribution is 2.23. The molecule has 0 saturated carbocycles. The van der Waals surface area contributed by atoms with E-state index in [-0.39, 0.29) is 30.3 Å². The Labute approximate surface area is 140 Å². The van der Waals surface area contributed by atoms with E-state index in [0.717, 1.165) is 17.0 Å². The number of nitrogens with zero attached hydrogens (tertiary/aromatic N) is 1. The van der Waals surface area contributed by atoms with Gasteiger partial charge in [-0.1, -0.05) is 44.2 Å². The molecule has 2 atom stereocenters. The Morgan fingerprint density at radius 1 is 1.26 bits per heavy atom. The van der Waals surface area contributed by atoms with E-state index in [1.807, 2.05) is 49.6 Å². The van der Waals surface area contributed by atoms with Crippen LogP contribution in [0.2, 0.25) is 0 Å². The molecule has 0 saturated heterocycles. The van der Waals surface area contributed by atoms with E-state index < -0.39 is 0 Å². The van der Waals surface area contributed by atoms with E-state index in [1.54, 1.807) is 6.20 Å². The summed E-state index contributed by atoms with van der Waals surface area (Å²) < 4.78 is 0. The van der Waals surface area contributed by atoms with Crippen molar-refractivity contribution >= 4 is 23.2 Å². The molecule has 1 aromatic carbocycles. The molecule has 2 rings (SSSR count). The summed E-state index contributed by atoms with van der Waals surface area (Å²) in [5, 5.41) is 8.30. The highest BCUT2D eigenvalue weighted by molar-refractivity contribution is 7.09. The largest absolute Gasteiger partial charge is 0.347 e. The van der Waals surface area contributed by atoms with E-state index in [1.165, 1.54) is 11.3 Å². The van der Waals surface area contributed by atoms with Crippen LogP contribution in [0.4, 0.5) is 0 Å². The van der Waals surface area contributed by atoms with Crippen LogP contribution in [0.5, 0.6) is 0 Å². The monoisotopic (exact) mass is 331 g/mol. The summed E-state index contributed by atoms with van der Waals surface area (Å²) in [6.07, 6.45) is 2.46. The maximum absolute atomic E-state index is 12.2. The molecule has 0 aliphatic heterocycles. The standard InChI is InChI=1S/C17H21N3O2S/c1-3-12(2)16(22)19-11-14(21)20-15(17-18-9-10-23-17)13-7-5-4-6-8-13/h4-10,12,15H,3,11H2,1-2H3,(H,19,22)(H,20,21). The molecule has 0 fully saturated rings. The number of aromatic nitrogens is 1. The van der Waals surface area contributed by atoms with Gasteiger partial charge >= 0.3 is 0 Å². The van der Waals surface area contributed by atoms with Crippen molar-refractivity contribution in [3.8, 4) is 0 Å². The minimum absolute atomic E-state index is 0.0299. The highest BCUT2D eigenvalue weighted by atomic mass is 32.1. The minimum atomic E-state index is -0.302. The second-order valence-corrected chi connectivity index (χ2v) is 6.23. The third kappa shape index (κ3) is 4.89. The summed E-state index contributed by atoms with van der Waals surface area (Å²) in [6.45, 7) is 3.76. The van der Waals surface area contributed by atoms with Crippen LogP contribution in [-0.2, 0) is 9.59 Å². The van der Waals surface area contributed by atoms with Gasteiger partial charge in [0, 0.05) is 17.5 Å². The van der Waals surface area contributed by atoms with Gasteiger partial charge in [-0.15, -0.1) is 11.3 Å². The van der Waals surface area contributed by atoms with Crippen LogP contribution in [0.25, 0.3) is 0 Å². The van der Waals surface area contributed by atoms with Gasteiger partial charge in [-0.25, -0.2) is 4.98 Å². The Morgan fingerprint density at radius 2 is 2.00 bits per heavy atom. The lowest BCUT2D eigenvalue weighted by Crippen LogP contribution is -2.40. The van der Waals surface area contributed by atoms with Gasteiger partial charge in [-0.05, 0) is 12.0 Å². The Bertz CT molecular complexity index is 629. The first kappa shape index (κ1) is 17.1. The summed E-state index contributed by atoms with van der Waals surface area (Å²) in [5.41, 5.74) is 0.962. The average molecular weight is 331 g/mol. The van der Waals surface area contributed by atoms with Gasteiger partial charge in [0.25, 0.3) is 0 Å². The third-order valence-corrected chi connectivity index (χ3v) is 4.46. The number of thiazole rings is 1. The van der Waals surface area contributed by atoms with Crippen molar-refractivity contribution < 1.29 is 9.59 Å². The molecule has 2 unspecified atom stereocenters. The fourth-order valence-electron chi connectivity index (χ4n) is 2.05. The van der Waals surface area contributed by atoms with E-state index in [9.17, 15) is 9.59 Å². The molecule has 0 aliphatic carbocycles. The van der Waals surface area contributed by atoms with Crippen LogP contribution in [0.3, 0.4) is 0 Å². The van der Waals surface area contributed by atoms with Crippen LogP contribution in [0, 0.1) is 5.92 Å². The third-order valence-electron chi connectivity index (χ3n) is 3.62. The molecule has 0 aliphatic rings. The second-order valence-electron chi connectivity index (χ2n) is 5.31. The maximum atomic E-state index is 12.2. The minimum Gasteiger partial charge on any atom is -0.347 e. The first-order valence-corrected chi connectivity index (χ1v) is 8.51. The second kappa shape index (κ2) is 8.43. The first-order chi connectivity index (χ1) is 11.1. The molecule has 2 aromatic rings. The molecule has 2 N–H and O–H groups in total. The van der Waals surface area contributed by atoms with E-state index in [0.29, 0.717) is 0 Å². The van der Waals surface area contributed by atoms with E-state index >= 15 is 0 Å². The average Bonchev–Trinajstić information content (AvgIpc) is 3.11. The van der Waals surface area contributed by atoms with Crippen molar-refractivity contribution in [1.82, 2.24) is 15.6 Å². The van der Waals surface area contributed by atoms with Crippen LogP contribution >= 0.6 is 11.3 Å². The van der Waals surface area contributed by atoms with Crippen molar-refractivity contribution in [2.75, 3.05) is 6.54 Å². The lowest BCUT2D eigenvalue weighted by atomic mass is 10.1. The zero-order valence-corrected chi connectivity index (χ0v) is 14.1. The number of hydrogen-bond acceptors (Lipinski definition) is 4. The summed E-state index contributed by atoms with van der Waals surface area (Å²) in [4.78, 5) is 28.2. The molecule has 5 nitrogen and oxygen atoms in total. The van der Waals surface area contributed by atoms with Crippen LogP contribution in [0.1, 0.15) is 36.9 Å². The number of benzene rings is 1. The number of nitrogens with one attached hydrogen (secondary N) is 2. The van der Waals surface area contributed by atoms with Crippen LogP contribution in [-0.4, -0.2) is 23.3 Å². The zero-order valence-electron chi connectivity index (χ0n) is 13.3. The van der Waals surface area contributed by atoms with Gasteiger partial charge in [0.05, 0.1) is 6.54 Å². The molecule has 0 spiro atoms. The van der Waals surface area contributed by atoms with Crippen molar-refractivity contribution in [2.45, 2.75) is 26.3 Å². The van der Waals surface area contributed by atoms with Crippen molar-refractivity contribution in [2.24, 2.45) is 5.92 Å². The maximum Gasteiger partial charge on any atom is 0.240 e. The quantitative estimate of drug-likeness (QED) is 0.819. The lowest BCUT2D eigenvalue weighted by molar-refractivity contribution is -0.128. The SMILES string of the molecule is CCC(C)C(=O)NCC(=O)NC(c1ccccc1)c1nccs1. The number of carbonyl (C=O) groups excluding carboxylic acids is 2. The Hall–Kier alpha value is -2.21. The van der Waals surface area contributed by atoms with E-state index in [2.05, 4.69) is 15.6 Å². The Kier molecular flexibility index (Phi) is 6.29. The Morgan fingerprint density at radius 3 is 2.61 bits per heavy atom. The molecule has 0 bridgehead atoms. The predicted molar refractivity (Wildman–Crippen MR) is 91.0 cm³/mol. The number of rotatable bonds is 7. The highest BCUT2D eigenvalue weighted by Gasteiger charge is 2.19. The van der Waals surface area contributed by atoms with Crippen molar-refractivity contribution in [1.29, 1.82) is 0 Å². The Balaban J connectivity index is 2.01. The first-order valence-electron chi connectivity index (χ1n) is 7.63. The lowest BCUT2D eigenvalue weighted by Gasteiger charge is -2.17. The van der Waals surface area contributed by atoms with Crippen LogP contribution in [0.15, 0.2) is 41.9 Å². The molecule has 2 amide bonds. The normalized spacial score (nSPS) is 13.1. The van der Waals surface area contributed by atoms with Crippen LogP contribution < -0.4 is 10.6 Å². The summed E-state index contributed by atoms with van der Waals surface area (Å²) in [5.74, 6) is -0.425. The van der Waals surface area contributed by atoms with Gasteiger partial charge < -0.3 is 10.6 Å². The molecular weight excluding hydrogens is 310 g/mol. The fraction of sp³-hybridized carbons (Fsp3) is 0.353. The molecule has 23 heavy (non-hydrogen) atoms. The van der Waals surface area contributed by atoms with Crippen molar-refractivity contribution in [3.63, 3.8) is 0 Å². The number of amides is 2. The van der Waals surface area contributed by atoms with Gasteiger partial charge in [0.2, 0.25) is 11.8 Å². The summed E-state index contributed by atoms with van der Waals surface area (Å²) in [6, 6.07) is 9.37. The molecule has 1 aromatic heterocycles. The van der Waals surface area contributed by atoms with Gasteiger partial charge in [-0.2, -0.15) is 0 Å². The van der Waals surface area contributed by atoms with Crippen molar-refractivity contribution in [3.05, 3.63) is 52.5 Å². The van der Waals surface area contributed by atoms with Gasteiger partial charge in [0.15, 0.2) is 0 Å². The predicted octanol–water partition coefficient (Wildman–Crippen LogP) is 2.51. The zero-order chi connectivity index (χ0) is 16.7.